The van der Waals surface area contributed by atoms with Crippen molar-refractivity contribution in [1.82, 2.24) is 14.8 Å². The SMILES string of the molecule is CCN(CC)C1CCN(C(=O)c2sc(-c3ccc(Cl)cc3Cl)nc2C)CC1. The number of nitrogens with zero attached hydrogens (tertiary/aromatic N) is 3. The van der Waals surface area contributed by atoms with E-state index >= 15 is 0 Å². The number of piperidine rings is 1. The molecule has 0 atom stereocenters. The standard InChI is InChI=1S/C20H25Cl2N3OS/c1-4-24(5-2)15-8-10-25(11-9-15)20(26)18-13(3)23-19(27-18)16-7-6-14(21)12-17(16)22/h6-7,12,15H,4-5,8-11H2,1-3H3. The Morgan fingerprint density at radius 1 is 1.26 bits per heavy atom. The summed E-state index contributed by atoms with van der Waals surface area (Å²) in [7, 11) is 0. The molecular formula is C20H25Cl2N3OS. The summed E-state index contributed by atoms with van der Waals surface area (Å²) < 4.78 is 0. The second kappa shape index (κ2) is 8.91. The Morgan fingerprint density at radius 3 is 2.52 bits per heavy atom. The monoisotopic (exact) mass is 425 g/mol. The Hall–Kier alpha value is -1.14. The summed E-state index contributed by atoms with van der Waals surface area (Å²) in [4.78, 5) is 22.8. The number of hydrogen-bond acceptors (Lipinski definition) is 4. The predicted octanol–water partition coefficient (Wildman–Crippen LogP) is 5.37. The molecule has 0 unspecified atom stereocenters. The molecule has 1 fully saturated rings. The Morgan fingerprint density at radius 2 is 1.93 bits per heavy atom. The smallest absolute Gasteiger partial charge is 0.265 e. The first-order chi connectivity index (χ1) is 12.9. The van der Waals surface area contributed by atoms with Gasteiger partial charge in [-0.1, -0.05) is 37.0 Å². The van der Waals surface area contributed by atoms with Crippen molar-refractivity contribution in [3.05, 3.63) is 38.8 Å². The number of rotatable bonds is 5. The molecule has 3 rings (SSSR count). The molecular weight excluding hydrogens is 401 g/mol. The molecule has 0 N–H and O–H groups in total. The maximum Gasteiger partial charge on any atom is 0.265 e. The van der Waals surface area contributed by atoms with Gasteiger partial charge in [-0.3, -0.25) is 4.79 Å². The van der Waals surface area contributed by atoms with Crippen molar-refractivity contribution in [2.75, 3.05) is 26.2 Å². The minimum Gasteiger partial charge on any atom is -0.338 e. The van der Waals surface area contributed by atoms with Crippen LogP contribution in [0.4, 0.5) is 0 Å². The molecule has 0 aliphatic carbocycles. The van der Waals surface area contributed by atoms with E-state index in [1.807, 2.05) is 17.9 Å². The van der Waals surface area contributed by atoms with Gasteiger partial charge in [0.25, 0.3) is 5.91 Å². The van der Waals surface area contributed by atoms with Crippen LogP contribution in [0.2, 0.25) is 10.0 Å². The Bertz CT molecular complexity index is 812. The predicted molar refractivity (Wildman–Crippen MR) is 114 cm³/mol. The zero-order valence-corrected chi connectivity index (χ0v) is 18.3. The highest BCUT2D eigenvalue weighted by Gasteiger charge is 2.28. The first kappa shape index (κ1) is 20.6. The van der Waals surface area contributed by atoms with Gasteiger partial charge in [-0.15, -0.1) is 11.3 Å². The van der Waals surface area contributed by atoms with Crippen LogP contribution in [-0.2, 0) is 0 Å². The first-order valence-electron chi connectivity index (χ1n) is 9.40. The van der Waals surface area contributed by atoms with Crippen LogP contribution in [0.15, 0.2) is 18.2 Å². The van der Waals surface area contributed by atoms with E-state index in [0.29, 0.717) is 21.0 Å². The van der Waals surface area contributed by atoms with Gasteiger partial charge < -0.3 is 9.80 Å². The largest absolute Gasteiger partial charge is 0.338 e. The lowest BCUT2D eigenvalue weighted by Gasteiger charge is -2.37. The highest BCUT2D eigenvalue weighted by Crippen LogP contribution is 2.35. The number of likely N-dealkylation sites (tertiary alicyclic amines) is 1. The molecule has 1 amide bonds. The van der Waals surface area contributed by atoms with E-state index in [4.69, 9.17) is 23.2 Å². The molecule has 146 valence electrons. The summed E-state index contributed by atoms with van der Waals surface area (Å²) in [5, 5.41) is 1.90. The van der Waals surface area contributed by atoms with E-state index in [2.05, 4.69) is 23.7 Å². The van der Waals surface area contributed by atoms with Crippen molar-refractivity contribution in [3.8, 4) is 10.6 Å². The Kier molecular flexibility index (Phi) is 6.79. The van der Waals surface area contributed by atoms with Crippen LogP contribution in [0.5, 0.6) is 0 Å². The van der Waals surface area contributed by atoms with E-state index in [1.54, 1.807) is 12.1 Å². The van der Waals surface area contributed by atoms with Gasteiger partial charge in [0.1, 0.15) is 9.88 Å². The molecule has 0 bridgehead atoms. The summed E-state index contributed by atoms with van der Waals surface area (Å²) >= 11 is 13.7. The number of aromatic nitrogens is 1. The van der Waals surface area contributed by atoms with Gasteiger partial charge in [-0.05, 0) is 51.1 Å². The third-order valence-corrected chi connectivity index (χ3v) is 6.96. The van der Waals surface area contributed by atoms with Gasteiger partial charge >= 0.3 is 0 Å². The van der Waals surface area contributed by atoms with Gasteiger partial charge in [0, 0.05) is 29.7 Å². The van der Waals surface area contributed by atoms with Crippen LogP contribution in [0.1, 0.15) is 42.1 Å². The van der Waals surface area contributed by atoms with Gasteiger partial charge in [0.2, 0.25) is 0 Å². The summed E-state index contributed by atoms with van der Waals surface area (Å²) in [6.07, 6.45) is 2.06. The lowest BCUT2D eigenvalue weighted by molar-refractivity contribution is 0.0635. The van der Waals surface area contributed by atoms with Gasteiger partial charge in [0.05, 0.1) is 10.7 Å². The molecule has 0 spiro atoms. The molecule has 1 aliphatic heterocycles. The summed E-state index contributed by atoms with van der Waals surface area (Å²) in [5.41, 5.74) is 1.57. The highest BCUT2D eigenvalue weighted by atomic mass is 35.5. The minimum absolute atomic E-state index is 0.0827. The molecule has 0 saturated carbocycles. The highest BCUT2D eigenvalue weighted by molar-refractivity contribution is 7.17. The Balaban J connectivity index is 1.74. The number of hydrogen-bond donors (Lipinski definition) is 0. The maximum absolute atomic E-state index is 13.0. The summed E-state index contributed by atoms with van der Waals surface area (Å²) in [5.74, 6) is 0.0827. The van der Waals surface area contributed by atoms with E-state index in [-0.39, 0.29) is 5.91 Å². The number of carbonyl (C=O) groups excluding carboxylic acids is 1. The van der Waals surface area contributed by atoms with E-state index < -0.39 is 0 Å². The van der Waals surface area contributed by atoms with Crippen molar-refractivity contribution in [3.63, 3.8) is 0 Å². The fraction of sp³-hybridized carbons (Fsp3) is 0.500. The number of aryl methyl sites for hydroxylation is 1. The number of amides is 1. The third kappa shape index (κ3) is 4.48. The van der Waals surface area contributed by atoms with E-state index in [1.165, 1.54) is 11.3 Å². The first-order valence-corrected chi connectivity index (χ1v) is 11.0. The number of thiazole rings is 1. The molecule has 2 aromatic rings. The maximum atomic E-state index is 13.0. The zero-order chi connectivity index (χ0) is 19.6. The van der Waals surface area contributed by atoms with Crippen molar-refractivity contribution >= 4 is 40.4 Å². The van der Waals surface area contributed by atoms with Crippen LogP contribution < -0.4 is 0 Å². The van der Waals surface area contributed by atoms with Crippen molar-refractivity contribution < 1.29 is 4.79 Å². The van der Waals surface area contributed by atoms with Crippen LogP contribution in [0.3, 0.4) is 0 Å². The van der Waals surface area contributed by atoms with Crippen molar-refractivity contribution in [2.45, 2.75) is 39.7 Å². The fourth-order valence-electron chi connectivity index (χ4n) is 3.69. The molecule has 2 heterocycles. The van der Waals surface area contributed by atoms with Crippen LogP contribution in [0, 0.1) is 6.92 Å². The normalized spacial score (nSPS) is 15.6. The molecule has 1 aliphatic rings. The van der Waals surface area contributed by atoms with Crippen LogP contribution >= 0.6 is 34.5 Å². The molecule has 4 nitrogen and oxygen atoms in total. The van der Waals surface area contributed by atoms with Crippen LogP contribution in [0.25, 0.3) is 10.6 Å². The lowest BCUT2D eigenvalue weighted by atomic mass is 10.0. The van der Waals surface area contributed by atoms with Gasteiger partial charge in [-0.25, -0.2) is 4.98 Å². The number of benzene rings is 1. The summed E-state index contributed by atoms with van der Waals surface area (Å²) in [6, 6.07) is 5.93. The summed E-state index contributed by atoms with van der Waals surface area (Å²) in [6.45, 7) is 10.0. The molecule has 0 radical (unpaired) electrons. The number of carbonyl (C=O) groups is 1. The second-order valence-corrected chi connectivity index (χ2v) is 8.65. The number of halogens is 2. The average molecular weight is 426 g/mol. The molecule has 1 aromatic carbocycles. The van der Waals surface area contributed by atoms with Gasteiger partial charge in [0.15, 0.2) is 0 Å². The van der Waals surface area contributed by atoms with Crippen molar-refractivity contribution in [1.29, 1.82) is 0 Å². The fourth-order valence-corrected chi connectivity index (χ4v) is 5.32. The average Bonchev–Trinajstić information content (AvgIpc) is 3.04. The topological polar surface area (TPSA) is 36.4 Å². The quantitative estimate of drug-likeness (QED) is 0.645. The lowest BCUT2D eigenvalue weighted by Crippen LogP contribution is -2.46. The molecule has 1 saturated heterocycles. The van der Waals surface area contributed by atoms with Crippen LogP contribution in [-0.4, -0.2) is 52.9 Å². The Labute approximate surface area is 175 Å². The second-order valence-electron chi connectivity index (χ2n) is 6.80. The molecule has 1 aromatic heterocycles. The van der Waals surface area contributed by atoms with Gasteiger partial charge in [-0.2, -0.15) is 0 Å². The molecule has 27 heavy (non-hydrogen) atoms. The van der Waals surface area contributed by atoms with E-state index in [0.717, 1.165) is 55.3 Å². The van der Waals surface area contributed by atoms with E-state index in [9.17, 15) is 4.79 Å². The molecule has 7 heteroatoms. The van der Waals surface area contributed by atoms with Crippen molar-refractivity contribution in [2.24, 2.45) is 0 Å². The third-order valence-electron chi connectivity index (χ3n) is 5.23. The minimum atomic E-state index is 0.0827. The zero-order valence-electron chi connectivity index (χ0n) is 16.0.